The maximum Gasteiger partial charge on any atom is 0.260 e. The average Bonchev–Trinajstić information content (AvgIpc) is 1.87. The summed E-state index contributed by atoms with van der Waals surface area (Å²) < 4.78 is 0. The molecule has 0 rings (SSSR count). The molecule has 1 amide bonds. The van der Waals surface area contributed by atoms with Crippen molar-refractivity contribution in [3.63, 3.8) is 0 Å². The molecule has 0 aromatic rings. The number of halogens is 1. The highest BCUT2D eigenvalue weighted by molar-refractivity contribution is 6.27. The summed E-state index contributed by atoms with van der Waals surface area (Å²) in [5, 5.41) is 1.13. The van der Waals surface area contributed by atoms with Crippen molar-refractivity contribution in [1.29, 1.82) is 0 Å². The van der Waals surface area contributed by atoms with Gasteiger partial charge in [-0.1, -0.05) is 0 Å². The fourth-order valence-corrected chi connectivity index (χ4v) is 0.518. The highest BCUT2D eigenvalue weighted by Gasteiger charge is 2.04. The molecule has 0 unspecified atom stereocenters. The summed E-state index contributed by atoms with van der Waals surface area (Å²) >= 11 is 5.21. The van der Waals surface area contributed by atoms with Crippen molar-refractivity contribution in [2.24, 2.45) is 0 Å². The molecule has 0 bridgehead atoms. The van der Waals surface area contributed by atoms with Gasteiger partial charge in [0.05, 0.1) is 6.61 Å². The lowest BCUT2D eigenvalue weighted by Crippen LogP contribution is -2.27. The molecule has 0 saturated heterocycles. The van der Waals surface area contributed by atoms with E-state index in [1.54, 1.807) is 6.92 Å². The number of alkyl halides is 1. The van der Waals surface area contributed by atoms with Gasteiger partial charge in [-0.2, -0.15) is 0 Å². The van der Waals surface area contributed by atoms with Crippen molar-refractivity contribution in [2.75, 3.05) is 19.5 Å². The topological polar surface area (TPSA) is 29.5 Å². The Morgan fingerprint density at radius 3 is 2.67 bits per heavy atom. The number of hydrogen-bond donors (Lipinski definition) is 0. The van der Waals surface area contributed by atoms with Crippen LogP contribution in [-0.4, -0.2) is 30.5 Å². The van der Waals surface area contributed by atoms with E-state index in [1.807, 2.05) is 0 Å². The summed E-state index contributed by atoms with van der Waals surface area (Å²) in [5.74, 6) is -0.255. The van der Waals surface area contributed by atoms with E-state index in [2.05, 4.69) is 0 Å². The Morgan fingerprint density at radius 2 is 2.33 bits per heavy atom. The molecule has 4 heteroatoms. The van der Waals surface area contributed by atoms with Gasteiger partial charge in [0, 0.05) is 7.05 Å². The monoisotopic (exact) mass is 151 g/mol. The van der Waals surface area contributed by atoms with Crippen LogP contribution in [-0.2, 0) is 9.63 Å². The molecule has 0 aliphatic rings. The van der Waals surface area contributed by atoms with Crippen molar-refractivity contribution >= 4 is 17.5 Å². The van der Waals surface area contributed by atoms with Crippen LogP contribution >= 0.6 is 11.6 Å². The Morgan fingerprint density at radius 1 is 1.78 bits per heavy atom. The number of carbonyl (C=O) groups excluding carboxylic acids is 1. The van der Waals surface area contributed by atoms with Gasteiger partial charge in [-0.3, -0.25) is 9.63 Å². The van der Waals surface area contributed by atoms with Crippen LogP contribution in [0.2, 0.25) is 0 Å². The molecule has 0 saturated carbocycles. The van der Waals surface area contributed by atoms with E-state index in [4.69, 9.17) is 16.4 Å². The van der Waals surface area contributed by atoms with E-state index in [0.717, 1.165) is 5.06 Å². The minimum Gasteiger partial charge on any atom is -0.272 e. The Bertz CT molecular complexity index is 97.0. The van der Waals surface area contributed by atoms with Crippen LogP contribution in [0.5, 0.6) is 0 Å². The summed E-state index contributed by atoms with van der Waals surface area (Å²) in [6.45, 7) is 2.29. The van der Waals surface area contributed by atoms with Crippen LogP contribution < -0.4 is 0 Å². The first-order chi connectivity index (χ1) is 4.22. The lowest BCUT2D eigenvalue weighted by molar-refractivity contribution is -0.173. The molecule has 0 heterocycles. The molecule has 0 aromatic heterocycles. The molecular weight excluding hydrogens is 142 g/mol. The molecule has 0 N–H and O–H groups in total. The fraction of sp³-hybridized carbons (Fsp3) is 0.800. The van der Waals surface area contributed by atoms with Gasteiger partial charge in [0.25, 0.3) is 5.91 Å². The van der Waals surface area contributed by atoms with Gasteiger partial charge in [0.1, 0.15) is 5.88 Å². The molecule has 0 aromatic carbocycles. The number of carbonyl (C=O) groups is 1. The second kappa shape index (κ2) is 4.58. The third-order valence-electron chi connectivity index (χ3n) is 0.788. The van der Waals surface area contributed by atoms with Gasteiger partial charge >= 0.3 is 0 Å². The summed E-state index contributed by atoms with van der Waals surface area (Å²) in [5.41, 5.74) is 0. The largest absolute Gasteiger partial charge is 0.272 e. The average molecular weight is 152 g/mol. The van der Waals surface area contributed by atoms with Crippen molar-refractivity contribution in [3.8, 4) is 0 Å². The first-order valence-electron chi connectivity index (χ1n) is 2.67. The SMILES string of the molecule is CCON(C)C(=O)CCl. The molecule has 9 heavy (non-hydrogen) atoms. The van der Waals surface area contributed by atoms with Crippen LogP contribution in [0, 0.1) is 0 Å². The van der Waals surface area contributed by atoms with E-state index in [1.165, 1.54) is 7.05 Å². The molecule has 3 nitrogen and oxygen atoms in total. The summed E-state index contributed by atoms with van der Waals surface area (Å²) in [4.78, 5) is 15.4. The van der Waals surface area contributed by atoms with Gasteiger partial charge in [-0.05, 0) is 6.92 Å². The van der Waals surface area contributed by atoms with Crippen LogP contribution in [0.15, 0.2) is 0 Å². The molecule has 0 radical (unpaired) electrons. The Kier molecular flexibility index (Phi) is 4.44. The fourth-order valence-electron chi connectivity index (χ4n) is 0.350. The van der Waals surface area contributed by atoms with Crippen molar-refractivity contribution in [1.82, 2.24) is 5.06 Å². The van der Waals surface area contributed by atoms with Gasteiger partial charge in [-0.15, -0.1) is 11.6 Å². The Hall–Kier alpha value is -0.280. The molecule has 0 aliphatic heterocycles. The summed E-state index contributed by atoms with van der Waals surface area (Å²) in [6, 6.07) is 0. The van der Waals surface area contributed by atoms with Gasteiger partial charge < -0.3 is 0 Å². The van der Waals surface area contributed by atoms with Crippen LogP contribution in [0.1, 0.15) is 6.92 Å². The van der Waals surface area contributed by atoms with E-state index >= 15 is 0 Å². The first-order valence-corrected chi connectivity index (χ1v) is 3.21. The van der Waals surface area contributed by atoms with Crippen LogP contribution in [0.3, 0.4) is 0 Å². The van der Waals surface area contributed by atoms with Crippen molar-refractivity contribution in [3.05, 3.63) is 0 Å². The number of hydroxylamine groups is 2. The number of hydrogen-bond acceptors (Lipinski definition) is 2. The maximum absolute atomic E-state index is 10.6. The molecule has 0 fully saturated rings. The van der Waals surface area contributed by atoms with Crippen LogP contribution in [0.25, 0.3) is 0 Å². The minimum absolute atomic E-state index is 0.0312. The maximum atomic E-state index is 10.6. The quantitative estimate of drug-likeness (QED) is 0.438. The predicted molar refractivity (Wildman–Crippen MR) is 35.1 cm³/mol. The first kappa shape index (κ1) is 8.72. The lowest BCUT2D eigenvalue weighted by Gasteiger charge is -2.12. The minimum atomic E-state index is -0.224. The van der Waals surface area contributed by atoms with E-state index in [0.29, 0.717) is 6.61 Å². The molecular formula is C5H10ClNO2. The number of nitrogens with zero attached hydrogens (tertiary/aromatic N) is 1. The van der Waals surface area contributed by atoms with Crippen molar-refractivity contribution in [2.45, 2.75) is 6.92 Å². The highest BCUT2D eigenvalue weighted by Crippen LogP contribution is 1.88. The summed E-state index contributed by atoms with van der Waals surface area (Å²) in [7, 11) is 1.54. The summed E-state index contributed by atoms with van der Waals surface area (Å²) in [6.07, 6.45) is 0. The van der Waals surface area contributed by atoms with Crippen molar-refractivity contribution < 1.29 is 9.63 Å². The molecule has 0 atom stereocenters. The lowest BCUT2D eigenvalue weighted by atomic mass is 10.7. The smallest absolute Gasteiger partial charge is 0.260 e. The number of amides is 1. The van der Waals surface area contributed by atoms with Crippen LogP contribution in [0.4, 0.5) is 0 Å². The predicted octanol–water partition coefficient (Wildman–Crippen LogP) is 0.635. The third-order valence-corrected chi connectivity index (χ3v) is 1.02. The normalized spacial score (nSPS) is 9.22. The Labute approximate surface area is 59.5 Å². The zero-order chi connectivity index (χ0) is 7.28. The second-order valence-corrected chi connectivity index (χ2v) is 1.71. The molecule has 0 spiro atoms. The molecule has 54 valence electrons. The second-order valence-electron chi connectivity index (χ2n) is 1.44. The third kappa shape index (κ3) is 3.32. The standard InChI is InChI=1S/C5H10ClNO2/c1-3-9-7(2)5(8)4-6/h3-4H2,1-2H3. The van der Waals surface area contributed by atoms with Gasteiger partial charge in [0.2, 0.25) is 0 Å². The highest BCUT2D eigenvalue weighted by atomic mass is 35.5. The number of rotatable bonds is 3. The van der Waals surface area contributed by atoms with E-state index in [9.17, 15) is 4.79 Å². The molecule has 0 aliphatic carbocycles. The van der Waals surface area contributed by atoms with E-state index in [-0.39, 0.29) is 11.8 Å². The van der Waals surface area contributed by atoms with Gasteiger partial charge in [0.15, 0.2) is 0 Å². The van der Waals surface area contributed by atoms with Gasteiger partial charge in [-0.25, -0.2) is 5.06 Å². The zero-order valence-electron chi connectivity index (χ0n) is 5.56. The Balaban J connectivity index is 3.45. The van der Waals surface area contributed by atoms with E-state index < -0.39 is 0 Å². The zero-order valence-corrected chi connectivity index (χ0v) is 6.31.